The molecule has 0 aliphatic rings. The average Bonchev–Trinajstić information content (AvgIpc) is 3.18. The van der Waals surface area contributed by atoms with E-state index in [2.05, 4.69) is 27.4 Å². The maximum absolute atomic E-state index is 12.9. The van der Waals surface area contributed by atoms with Crippen LogP contribution in [-0.4, -0.2) is 27.5 Å². The van der Waals surface area contributed by atoms with E-state index >= 15 is 0 Å². The molecule has 3 aromatic carbocycles. The van der Waals surface area contributed by atoms with Gasteiger partial charge in [0, 0.05) is 22.5 Å². The lowest BCUT2D eigenvalue weighted by molar-refractivity contribution is -0.115. The Kier molecular flexibility index (Phi) is 7.71. The summed E-state index contributed by atoms with van der Waals surface area (Å²) in [6.45, 7) is 7.93. The van der Waals surface area contributed by atoms with Crippen LogP contribution in [0.5, 0.6) is 5.75 Å². The van der Waals surface area contributed by atoms with Crippen molar-refractivity contribution in [3.63, 3.8) is 0 Å². The van der Waals surface area contributed by atoms with Crippen molar-refractivity contribution < 1.29 is 9.90 Å². The smallest absolute Gasteiger partial charge is 0.237 e. The molecule has 5 nitrogen and oxygen atoms in total. The van der Waals surface area contributed by atoms with Crippen molar-refractivity contribution in [2.75, 3.05) is 5.32 Å². The number of phenolic OH excluding ortho intramolecular Hbond substituents is 1. The standard InChI is InChI=1S/C26H23Cl2N3O2S2/c1-13-7-14(2)23(15(3)8-13)31-25(33)16(4)34-26-30-21-6-5-19(11-22(21)35-26)29-12-17-9-18(27)10-20(28)24(17)32/h5-12,16,32H,1-4H3,(H,31,33). The number of phenols is 1. The molecule has 180 valence electrons. The summed E-state index contributed by atoms with van der Waals surface area (Å²) in [5.74, 6) is -0.129. The Morgan fingerprint density at radius 2 is 1.86 bits per heavy atom. The molecule has 1 amide bonds. The van der Waals surface area contributed by atoms with Crippen LogP contribution in [-0.2, 0) is 4.79 Å². The number of hydrogen-bond acceptors (Lipinski definition) is 6. The molecule has 0 fully saturated rings. The van der Waals surface area contributed by atoms with Gasteiger partial charge in [-0.15, -0.1) is 11.3 Å². The van der Waals surface area contributed by atoms with Crippen molar-refractivity contribution in [1.29, 1.82) is 0 Å². The van der Waals surface area contributed by atoms with Gasteiger partial charge in [0.2, 0.25) is 5.91 Å². The zero-order valence-electron chi connectivity index (χ0n) is 19.5. The summed E-state index contributed by atoms with van der Waals surface area (Å²) in [6.07, 6.45) is 1.52. The number of nitrogens with one attached hydrogen (secondary N) is 1. The Bertz CT molecular complexity index is 1440. The van der Waals surface area contributed by atoms with E-state index in [1.807, 2.05) is 45.9 Å². The molecule has 1 aromatic heterocycles. The number of carbonyl (C=O) groups is 1. The largest absolute Gasteiger partial charge is 0.506 e. The van der Waals surface area contributed by atoms with E-state index in [9.17, 15) is 9.90 Å². The number of aromatic hydroxyl groups is 1. The number of thiazole rings is 1. The second kappa shape index (κ2) is 10.6. The number of fused-ring (bicyclic) bond motifs is 1. The highest BCUT2D eigenvalue weighted by Crippen LogP contribution is 2.35. The van der Waals surface area contributed by atoms with Crippen molar-refractivity contribution in [3.8, 4) is 5.75 Å². The first-order valence-electron chi connectivity index (χ1n) is 10.8. The van der Waals surface area contributed by atoms with E-state index in [1.54, 1.807) is 6.07 Å². The van der Waals surface area contributed by atoms with E-state index in [0.717, 1.165) is 31.4 Å². The molecule has 0 aliphatic carbocycles. The minimum Gasteiger partial charge on any atom is -0.506 e. The van der Waals surface area contributed by atoms with Gasteiger partial charge in [-0.05, 0) is 69.2 Å². The predicted octanol–water partition coefficient (Wildman–Crippen LogP) is 8.10. The van der Waals surface area contributed by atoms with Gasteiger partial charge < -0.3 is 10.4 Å². The highest BCUT2D eigenvalue weighted by atomic mass is 35.5. The maximum Gasteiger partial charge on any atom is 0.237 e. The van der Waals surface area contributed by atoms with Crippen LogP contribution in [0.15, 0.2) is 51.8 Å². The summed E-state index contributed by atoms with van der Waals surface area (Å²) in [6, 6.07) is 12.8. The van der Waals surface area contributed by atoms with Crippen LogP contribution >= 0.6 is 46.3 Å². The molecule has 0 saturated carbocycles. The van der Waals surface area contributed by atoms with Crippen LogP contribution in [0.3, 0.4) is 0 Å². The van der Waals surface area contributed by atoms with E-state index in [1.165, 1.54) is 40.9 Å². The van der Waals surface area contributed by atoms with Crippen molar-refractivity contribution in [2.24, 2.45) is 4.99 Å². The number of amides is 1. The molecule has 0 aliphatic heterocycles. The quantitative estimate of drug-likeness (QED) is 0.190. The fourth-order valence-electron chi connectivity index (χ4n) is 3.66. The Hall–Kier alpha value is -2.58. The number of hydrogen-bond donors (Lipinski definition) is 2. The lowest BCUT2D eigenvalue weighted by Gasteiger charge is -2.15. The van der Waals surface area contributed by atoms with Crippen LogP contribution in [0.2, 0.25) is 10.0 Å². The number of aryl methyl sites for hydroxylation is 3. The van der Waals surface area contributed by atoms with Crippen molar-refractivity contribution in [1.82, 2.24) is 4.98 Å². The van der Waals surface area contributed by atoms with E-state index in [4.69, 9.17) is 23.2 Å². The van der Waals surface area contributed by atoms with Gasteiger partial charge in [-0.25, -0.2) is 4.98 Å². The summed E-state index contributed by atoms with van der Waals surface area (Å²) < 4.78 is 1.76. The molecule has 0 spiro atoms. The second-order valence-electron chi connectivity index (χ2n) is 8.24. The van der Waals surface area contributed by atoms with Crippen LogP contribution in [0.4, 0.5) is 11.4 Å². The van der Waals surface area contributed by atoms with Gasteiger partial charge in [0.15, 0.2) is 4.34 Å². The molecular weight excluding hydrogens is 521 g/mol. The first-order valence-corrected chi connectivity index (χ1v) is 13.2. The summed E-state index contributed by atoms with van der Waals surface area (Å²) in [5, 5.41) is 13.5. The number of nitrogens with zero attached hydrogens (tertiary/aromatic N) is 2. The highest BCUT2D eigenvalue weighted by Gasteiger charge is 2.19. The van der Waals surface area contributed by atoms with E-state index < -0.39 is 0 Å². The zero-order chi connectivity index (χ0) is 25.3. The molecule has 4 aromatic rings. The van der Waals surface area contributed by atoms with E-state index in [0.29, 0.717) is 16.3 Å². The molecule has 0 bridgehead atoms. The number of halogens is 2. The third kappa shape index (κ3) is 5.98. The molecule has 9 heteroatoms. The number of thioether (sulfide) groups is 1. The van der Waals surface area contributed by atoms with Gasteiger partial charge in [0.05, 0.1) is 26.2 Å². The number of benzene rings is 3. The predicted molar refractivity (Wildman–Crippen MR) is 150 cm³/mol. The first-order chi connectivity index (χ1) is 16.6. The fourth-order valence-corrected chi connectivity index (χ4v) is 6.41. The lowest BCUT2D eigenvalue weighted by Crippen LogP contribution is -2.23. The summed E-state index contributed by atoms with van der Waals surface area (Å²) in [4.78, 5) is 22.0. The third-order valence-corrected chi connectivity index (χ3v) is 8.05. The molecule has 0 radical (unpaired) electrons. The SMILES string of the molecule is Cc1cc(C)c(NC(=O)C(C)Sc2nc3ccc(N=Cc4cc(Cl)cc(Cl)c4O)cc3s2)c(C)c1. The molecule has 1 heterocycles. The minimum absolute atomic E-state index is 0.0606. The summed E-state index contributed by atoms with van der Waals surface area (Å²) >= 11 is 14.9. The Morgan fingerprint density at radius 1 is 1.14 bits per heavy atom. The third-order valence-electron chi connectivity index (χ3n) is 5.33. The molecule has 2 N–H and O–H groups in total. The Balaban J connectivity index is 1.48. The van der Waals surface area contributed by atoms with Gasteiger partial charge in [-0.1, -0.05) is 52.7 Å². The molecule has 1 unspecified atom stereocenters. The number of aromatic nitrogens is 1. The van der Waals surface area contributed by atoms with Crippen molar-refractivity contribution in [3.05, 3.63) is 74.8 Å². The number of anilines is 1. The normalized spacial score (nSPS) is 12.4. The number of aliphatic imine (C=N–C) groups is 1. The molecule has 0 saturated heterocycles. The van der Waals surface area contributed by atoms with Gasteiger partial charge in [-0.3, -0.25) is 9.79 Å². The monoisotopic (exact) mass is 543 g/mol. The highest BCUT2D eigenvalue weighted by molar-refractivity contribution is 8.02. The average molecular weight is 545 g/mol. The molecular formula is C26H23Cl2N3O2S2. The van der Waals surface area contributed by atoms with Gasteiger partial charge >= 0.3 is 0 Å². The van der Waals surface area contributed by atoms with Crippen LogP contribution in [0.1, 0.15) is 29.2 Å². The second-order valence-corrected chi connectivity index (χ2v) is 11.7. The fraction of sp³-hybridized carbons (Fsp3) is 0.192. The molecule has 35 heavy (non-hydrogen) atoms. The number of rotatable bonds is 6. The Labute approximate surface area is 222 Å². The van der Waals surface area contributed by atoms with Crippen LogP contribution < -0.4 is 5.32 Å². The number of carbonyl (C=O) groups excluding carboxylic acids is 1. The molecule has 1 atom stereocenters. The van der Waals surface area contributed by atoms with Crippen molar-refractivity contribution in [2.45, 2.75) is 37.3 Å². The Morgan fingerprint density at radius 3 is 2.57 bits per heavy atom. The summed E-state index contributed by atoms with van der Waals surface area (Å²) in [5.41, 5.74) is 6.11. The zero-order valence-corrected chi connectivity index (χ0v) is 22.7. The summed E-state index contributed by atoms with van der Waals surface area (Å²) in [7, 11) is 0. The topological polar surface area (TPSA) is 74.6 Å². The van der Waals surface area contributed by atoms with E-state index in [-0.39, 0.29) is 21.9 Å². The van der Waals surface area contributed by atoms with Gasteiger partial charge in [-0.2, -0.15) is 0 Å². The lowest BCUT2D eigenvalue weighted by atomic mass is 10.1. The van der Waals surface area contributed by atoms with Gasteiger partial charge in [0.25, 0.3) is 0 Å². The van der Waals surface area contributed by atoms with Crippen molar-refractivity contribution >= 4 is 80.0 Å². The first kappa shape index (κ1) is 25.5. The minimum atomic E-state index is -0.316. The maximum atomic E-state index is 12.9. The van der Waals surface area contributed by atoms with Crippen LogP contribution in [0.25, 0.3) is 10.2 Å². The van der Waals surface area contributed by atoms with Gasteiger partial charge in [0.1, 0.15) is 5.75 Å². The van der Waals surface area contributed by atoms with Crippen LogP contribution in [0, 0.1) is 20.8 Å². The molecule has 4 rings (SSSR count).